The fraction of sp³-hybridized carbons (Fsp3) is 0.930. The number of unbranched alkanes of at least 4 members (excludes halogenated alkanes) is 13. The molecule has 0 aromatic heterocycles. The van der Waals surface area contributed by atoms with Crippen LogP contribution in [-0.2, 0) is 19.1 Å². The van der Waals surface area contributed by atoms with Gasteiger partial charge in [-0.3, -0.25) is 14.4 Å². The number of aliphatic hydroxyl groups is 1. The van der Waals surface area contributed by atoms with Gasteiger partial charge in [-0.25, -0.2) is 0 Å². The Balaban J connectivity index is 1.14. The number of hydrogen-bond donors (Lipinski definition) is 3. The van der Waals surface area contributed by atoms with Crippen LogP contribution in [0.4, 0.5) is 0 Å². The van der Waals surface area contributed by atoms with Crippen LogP contribution in [0.15, 0.2) is 0 Å². The van der Waals surface area contributed by atoms with Crippen LogP contribution in [0, 0.1) is 46.3 Å². The molecule has 0 aromatic carbocycles. The second-order valence-electron chi connectivity index (χ2n) is 17.9. The summed E-state index contributed by atoms with van der Waals surface area (Å²) in [6.45, 7) is 8.99. The van der Waals surface area contributed by atoms with Gasteiger partial charge < -0.3 is 20.3 Å². The predicted molar refractivity (Wildman–Crippen MR) is 200 cm³/mol. The molecular weight excluding hydrogens is 626 g/mol. The van der Waals surface area contributed by atoms with E-state index in [9.17, 15) is 19.5 Å². The number of rotatable bonds is 22. The number of hydrogen-bond acceptors (Lipinski definition) is 5. The Labute approximate surface area is 305 Å². The van der Waals surface area contributed by atoms with Crippen molar-refractivity contribution in [2.24, 2.45) is 46.3 Å². The molecule has 4 rings (SSSR count). The van der Waals surface area contributed by atoms with Crippen molar-refractivity contribution in [1.29, 1.82) is 0 Å². The number of amides is 1. The summed E-state index contributed by atoms with van der Waals surface area (Å²) in [6.07, 6.45) is 28.2. The van der Waals surface area contributed by atoms with E-state index < -0.39 is 5.97 Å². The Bertz CT molecular complexity index is 1060. The topological polar surface area (TPSA) is 113 Å². The quantitative estimate of drug-likeness (QED) is 0.0765. The minimum absolute atomic E-state index is 0.000523. The first-order valence-electron chi connectivity index (χ1n) is 21.4. The summed E-state index contributed by atoms with van der Waals surface area (Å²) in [5.41, 5.74) is 0.0516. The zero-order chi connectivity index (χ0) is 36.1. The molecule has 0 bridgehead atoms. The first-order chi connectivity index (χ1) is 24.0. The average Bonchev–Trinajstić information content (AvgIpc) is 3.45. The second-order valence-corrected chi connectivity index (χ2v) is 17.9. The van der Waals surface area contributed by atoms with E-state index in [0.717, 1.165) is 57.8 Å². The van der Waals surface area contributed by atoms with Crippen molar-refractivity contribution in [3.8, 4) is 0 Å². The van der Waals surface area contributed by atoms with Gasteiger partial charge in [0.25, 0.3) is 0 Å². The molecule has 7 nitrogen and oxygen atoms in total. The van der Waals surface area contributed by atoms with Crippen LogP contribution in [-0.4, -0.2) is 46.8 Å². The molecule has 10 unspecified atom stereocenters. The lowest BCUT2D eigenvalue weighted by molar-refractivity contribution is -0.181. The lowest BCUT2D eigenvalue weighted by atomic mass is 9.43. The zero-order valence-corrected chi connectivity index (χ0v) is 32.5. The third kappa shape index (κ3) is 10.7. The molecule has 7 heteroatoms. The summed E-state index contributed by atoms with van der Waals surface area (Å²) in [7, 11) is 0. The SMILES string of the molecule is CCCCCCCCCCCCCCCCC(=O)OC1CCC2(C)C(CCC3C2CC(O)C2(C)C(C(C)CCC(=O)NCC(=O)O)CCC32)C1. The maximum absolute atomic E-state index is 12.8. The highest BCUT2D eigenvalue weighted by molar-refractivity contribution is 5.81. The van der Waals surface area contributed by atoms with Gasteiger partial charge in [0.15, 0.2) is 0 Å². The molecule has 0 radical (unpaired) electrons. The normalized spacial score (nSPS) is 33.9. The summed E-state index contributed by atoms with van der Waals surface area (Å²) in [5, 5.41) is 23.3. The molecule has 288 valence electrons. The Morgan fingerprint density at radius 1 is 0.780 bits per heavy atom. The maximum Gasteiger partial charge on any atom is 0.322 e. The second kappa shape index (κ2) is 20.0. The summed E-state index contributed by atoms with van der Waals surface area (Å²) in [5.74, 6) is 1.63. The summed E-state index contributed by atoms with van der Waals surface area (Å²) in [6, 6.07) is 0. The number of nitrogens with one attached hydrogen (secondary N) is 1. The van der Waals surface area contributed by atoms with E-state index in [2.05, 4.69) is 33.0 Å². The Morgan fingerprint density at radius 2 is 1.40 bits per heavy atom. The number of ether oxygens (including phenoxy) is 1. The highest BCUT2D eigenvalue weighted by atomic mass is 16.5. The van der Waals surface area contributed by atoms with Gasteiger partial charge in [-0.15, -0.1) is 0 Å². The van der Waals surface area contributed by atoms with E-state index in [0.29, 0.717) is 48.3 Å². The van der Waals surface area contributed by atoms with E-state index >= 15 is 0 Å². The van der Waals surface area contributed by atoms with Crippen LogP contribution in [0.3, 0.4) is 0 Å². The monoisotopic (exact) mass is 702 g/mol. The molecule has 0 spiro atoms. The number of aliphatic carboxylic acids is 1. The van der Waals surface area contributed by atoms with Gasteiger partial charge in [-0.2, -0.15) is 0 Å². The molecule has 0 aliphatic heterocycles. The lowest BCUT2D eigenvalue weighted by Gasteiger charge is -2.62. The highest BCUT2D eigenvalue weighted by Gasteiger charge is 2.63. The zero-order valence-electron chi connectivity index (χ0n) is 32.5. The molecule has 4 saturated carbocycles. The van der Waals surface area contributed by atoms with E-state index in [1.165, 1.54) is 89.9 Å². The van der Waals surface area contributed by atoms with E-state index in [4.69, 9.17) is 9.84 Å². The molecule has 10 atom stereocenters. The fourth-order valence-corrected chi connectivity index (χ4v) is 11.8. The van der Waals surface area contributed by atoms with Crippen molar-refractivity contribution in [3.05, 3.63) is 0 Å². The van der Waals surface area contributed by atoms with Crippen LogP contribution in [0.5, 0.6) is 0 Å². The summed E-state index contributed by atoms with van der Waals surface area (Å²) >= 11 is 0. The van der Waals surface area contributed by atoms with Gasteiger partial charge >= 0.3 is 11.9 Å². The molecular formula is C43H75NO6. The Hall–Kier alpha value is -1.63. The smallest absolute Gasteiger partial charge is 0.322 e. The molecule has 4 aliphatic carbocycles. The van der Waals surface area contributed by atoms with E-state index in [-0.39, 0.29) is 41.5 Å². The van der Waals surface area contributed by atoms with E-state index in [1.54, 1.807) is 0 Å². The van der Waals surface area contributed by atoms with Crippen LogP contribution < -0.4 is 5.32 Å². The van der Waals surface area contributed by atoms with Crippen molar-refractivity contribution < 1.29 is 29.3 Å². The van der Waals surface area contributed by atoms with Crippen molar-refractivity contribution >= 4 is 17.8 Å². The average molecular weight is 702 g/mol. The van der Waals surface area contributed by atoms with E-state index in [1.807, 2.05) is 0 Å². The minimum Gasteiger partial charge on any atom is -0.480 e. The van der Waals surface area contributed by atoms with Gasteiger partial charge in [0.2, 0.25) is 5.91 Å². The summed E-state index contributed by atoms with van der Waals surface area (Å²) < 4.78 is 6.10. The van der Waals surface area contributed by atoms with Crippen molar-refractivity contribution in [3.63, 3.8) is 0 Å². The van der Waals surface area contributed by atoms with Crippen LogP contribution in [0.25, 0.3) is 0 Å². The van der Waals surface area contributed by atoms with Gasteiger partial charge in [0, 0.05) is 12.8 Å². The molecule has 1 amide bonds. The predicted octanol–water partition coefficient (Wildman–Crippen LogP) is 10.0. The highest BCUT2D eigenvalue weighted by Crippen LogP contribution is 2.68. The molecule has 0 aromatic rings. The van der Waals surface area contributed by atoms with Crippen LogP contribution in [0.1, 0.15) is 188 Å². The van der Waals surface area contributed by atoms with Gasteiger partial charge in [0.05, 0.1) is 6.10 Å². The number of carbonyl (C=O) groups is 3. The van der Waals surface area contributed by atoms with Crippen molar-refractivity contribution in [2.75, 3.05) is 6.54 Å². The number of carboxylic acid groups (broad SMARTS) is 1. The largest absolute Gasteiger partial charge is 0.480 e. The number of esters is 1. The third-order valence-corrected chi connectivity index (χ3v) is 14.8. The Morgan fingerprint density at radius 3 is 2.02 bits per heavy atom. The standard InChI is InChI=1S/C43H75NO6/c1-5-6-7-8-9-10-11-12-13-14-15-16-17-18-19-41(49)50-33-26-27-42(3)32(28-33)21-22-34-36-24-23-35(43(36,4)38(45)29-37(34)42)31(2)20-25-39(46)44-30-40(47)48/h31-38,45H,5-30H2,1-4H3,(H,44,46)(H,47,48). The maximum atomic E-state index is 12.8. The van der Waals surface area contributed by atoms with Gasteiger partial charge in [-0.05, 0) is 111 Å². The first kappa shape index (κ1) is 41.1. The Kier molecular flexibility index (Phi) is 16.4. The molecule has 4 aliphatic rings. The molecule has 0 heterocycles. The van der Waals surface area contributed by atoms with Crippen LogP contribution in [0.2, 0.25) is 0 Å². The number of carbonyl (C=O) groups excluding carboxylic acids is 2. The molecule has 3 N–H and O–H groups in total. The third-order valence-electron chi connectivity index (χ3n) is 14.8. The molecule has 50 heavy (non-hydrogen) atoms. The van der Waals surface area contributed by atoms with Gasteiger partial charge in [0.1, 0.15) is 12.6 Å². The van der Waals surface area contributed by atoms with Crippen molar-refractivity contribution in [2.45, 2.75) is 200 Å². The minimum atomic E-state index is -1.02. The van der Waals surface area contributed by atoms with Gasteiger partial charge in [-0.1, -0.05) is 111 Å². The van der Waals surface area contributed by atoms with Crippen molar-refractivity contribution in [1.82, 2.24) is 5.32 Å². The number of carboxylic acids is 1. The van der Waals surface area contributed by atoms with Crippen LogP contribution >= 0.6 is 0 Å². The lowest BCUT2D eigenvalue weighted by Crippen LogP contribution is -2.59. The number of aliphatic hydroxyl groups excluding tert-OH is 1. The fourth-order valence-electron chi connectivity index (χ4n) is 11.8. The summed E-state index contributed by atoms with van der Waals surface area (Å²) in [4.78, 5) is 35.9. The number of fused-ring (bicyclic) bond motifs is 5. The molecule has 4 fully saturated rings. The first-order valence-corrected chi connectivity index (χ1v) is 21.4. The molecule has 0 saturated heterocycles.